The van der Waals surface area contributed by atoms with Gasteiger partial charge in [0.1, 0.15) is 5.78 Å². The van der Waals surface area contributed by atoms with Gasteiger partial charge in [0.15, 0.2) is 0 Å². The summed E-state index contributed by atoms with van der Waals surface area (Å²) in [5.41, 5.74) is -0.146. The molecule has 0 N–H and O–H groups in total. The minimum atomic E-state index is -0.146. The van der Waals surface area contributed by atoms with Crippen LogP contribution in [0.25, 0.3) is 0 Å². The zero-order chi connectivity index (χ0) is 23.0. The van der Waals surface area contributed by atoms with E-state index in [9.17, 15) is 4.79 Å². The predicted molar refractivity (Wildman–Crippen MR) is 141 cm³/mol. The maximum Gasteiger partial charge on any atom is 0.138 e. The second kappa shape index (κ2) is 22.8. The molecule has 1 heteroatoms. The average molecular weight is 437 g/mol. The largest absolute Gasteiger partial charge is 0.299 e. The van der Waals surface area contributed by atoms with Crippen LogP contribution in [0.1, 0.15) is 182 Å². The molecule has 0 radical (unpaired) electrons. The number of carbonyl (C=O) groups excluding carboxylic acids is 1. The van der Waals surface area contributed by atoms with E-state index in [4.69, 9.17) is 0 Å². The quantitative estimate of drug-likeness (QED) is 0.137. The topological polar surface area (TPSA) is 17.1 Å². The third-order valence-corrected chi connectivity index (χ3v) is 6.84. The Morgan fingerprint density at radius 1 is 0.419 bits per heavy atom. The minimum absolute atomic E-state index is 0.146. The Balaban J connectivity index is 3.09. The van der Waals surface area contributed by atoms with Crippen LogP contribution in [0.3, 0.4) is 0 Å². The highest BCUT2D eigenvalue weighted by Gasteiger charge is 2.19. The summed E-state index contributed by atoms with van der Waals surface area (Å²) in [6.45, 7) is 8.40. The van der Waals surface area contributed by atoms with Crippen molar-refractivity contribution in [3.05, 3.63) is 0 Å². The van der Waals surface area contributed by atoms with Gasteiger partial charge >= 0.3 is 0 Å². The minimum Gasteiger partial charge on any atom is -0.299 e. The molecule has 0 aliphatic heterocycles. The van der Waals surface area contributed by atoms with Crippen LogP contribution in [0.2, 0.25) is 0 Å². The fraction of sp³-hybridized carbons (Fsp3) is 0.967. The lowest BCUT2D eigenvalue weighted by molar-refractivity contribution is -0.126. The summed E-state index contributed by atoms with van der Waals surface area (Å²) in [6, 6.07) is 0. The normalized spacial score (nSPS) is 11.9. The summed E-state index contributed by atoms with van der Waals surface area (Å²) in [5, 5.41) is 0. The summed E-state index contributed by atoms with van der Waals surface area (Å²) in [6.07, 6.45) is 33.3. The number of hydrogen-bond donors (Lipinski definition) is 0. The van der Waals surface area contributed by atoms with E-state index in [1.807, 2.05) is 20.8 Å². The summed E-state index contributed by atoms with van der Waals surface area (Å²) in [7, 11) is 0. The summed E-state index contributed by atoms with van der Waals surface area (Å²) in [4.78, 5) is 11.9. The number of ketones is 1. The molecule has 31 heavy (non-hydrogen) atoms. The van der Waals surface area contributed by atoms with Crippen LogP contribution in [0.5, 0.6) is 0 Å². The monoisotopic (exact) mass is 436 g/mol. The van der Waals surface area contributed by atoms with Gasteiger partial charge in [0, 0.05) is 11.8 Å². The van der Waals surface area contributed by atoms with Crippen LogP contribution in [-0.2, 0) is 4.79 Å². The lowest BCUT2D eigenvalue weighted by atomic mass is 9.88. The number of carbonyl (C=O) groups is 1. The molecule has 0 saturated heterocycles. The van der Waals surface area contributed by atoms with Crippen molar-refractivity contribution in [2.75, 3.05) is 0 Å². The van der Waals surface area contributed by atoms with Crippen LogP contribution in [0.4, 0.5) is 0 Å². The van der Waals surface area contributed by atoms with Gasteiger partial charge in [0.25, 0.3) is 0 Å². The van der Waals surface area contributed by atoms with E-state index in [2.05, 4.69) is 6.92 Å². The molecule has 0 saturated carbocycles. The molecular formula is C30H60O. The predicted octanol–water partition coefficient (Wildman–Crippen LogP) is 11.0. The first-order chi connectivity index (χ1) is 15.0. The highest BCUT2D eigenvalue weighted by molar-refractivity contribution is 5.83. The van der Waals surface area contributed by atoms with Crippen LogP contribution >= 0.6 is 0 Å². The zero-order valence-corrected chi connectivity index (χ0v) is 22.4. The Labute approximate surface area is 197 Å². The number of rotatable bonds is 24. The van der Waals surface area contributed by atoms with Gasteiger partial charge in [-0.25, -0.2) is 0 Å². The Kier molecular flexibility index (Phi) is 22.6. The van der Waals surface area contributed by atoms with Crippen molar-refractivity contribution in [3.63, 3.8) is 0 Å². The van der Waals surface area contributed by atoms with Gasteiger partial charge in [-0.05, 0) is 6.42 Å². The van der Waals surface area contributed by atoms with E-state index in [0.29, 0.717) is 5.78 Å². The van der Waals surface area contributed by atoms with Gasteiger partial charge in [0.2, 0.25) is 0 Å². The molecule has 0 unspecified atom stereocenters. The van der Waals surface area contributed by atoms with Gasteiger partial charge in [-0.1, -0.05) is 169 Å². The fourth-order valence-corrected chi connectivity index (χ4v) is 4.45. The number of Topliss-reactive ketones (excluding diaryl/α,β-unsaturated/α-hetero) is 1. The first kappa shape index (κ1) is 30.7. The fourth-order valence-electron chi connectivity index (χ4n) is 4.45. The second-order valence-electron chi connectivity index (χ2n) is 11.2. The molecule has 0 amide bonds. The smallest absolute Gasteiger partial charge is 0.138 e. The van der Waals surface area contributed by atoms with Crippen molar-refractivity contribution >= 4 is 5.78 Å². The molecule has 0 heterocycles. The molecule has 0 fully saturated rings. The van der Waals surface area contributed by atoms with Crippen molar-refractivity contribution in [3.8, 4) is 0 Å². The Morgan fingerprint density at radius 3 is 0.871 bits per heavy atom. The third-order valence-electron chi connectivity index (χ3n) is 6.84. The molecule has 0 aliphatic rings. The molecule has 1 nitrogen and oxygen atoms in total. The molecule has 0 aromatic rings. The second-order valence-corrected chi connectivity index (χ2v) is 11.2. The molecule has 0 aromatic carbocycles. The first-order valence-corrected chi connectivity index (χ1v) is 14.5. The van der Waals surface area contributed by atoms with E-state index >= 15 is 0 Å². The highest BCUT2D eigenvalue weighted by Crippen LogP contribution is 2.19. The molecule has 0 aromatic heterocycles. The van der Waals surface area contributed by atoms with Crippen molar-refractivity contribution < 1.29 is 4.79 Å². The highest BCUT2D eigenvalue weighted by atomic mass is 16.1. The lowest BCUT2D eigenvalue weighted by Crippen LogP contribution is -2.19. The maximum absolute atomic E-state index is 11.9. The molecule has 186 valence electrons. The third kappa shape index (κ3) is 24.1. The zero-order valence-electron chi connectivity index (χ0n) is 22.4. The molecule has 0 bridgehead atoms. The van der Waals surface area contributed by atoms with Gasteiger partial charge in [-0.2, -0.15) is 0 Å². The van der Waals surface area contributed by atoms with E-state index in [1.165, 1.54) is 141 Å². The van der Waals surface area contributed by atoms with Crippen LogP contribution < -0.4 is 0 Å². The molecule has 0 rings (SSSR count). The van der Waals surface area contributed by atoms with Crippen molar-refractivity contribution in [2.45, 2.75) is 182 Å². The Morgan fingerprint density at radius 2 is 0.645 bits per heavy atom. The van der Waals surface area contributed by atoms with E-state index < -0.39 is 0 Å². The maximum atomic E-state index is 11.9. The van der Waals surface area contributed by atoms with Gasteiger partial charge in [0.05, 0.1) is 0 Å². The molecule has 0 atom stereocenters. The van der Waals surface area contributed by atoms with Crippen LogP contribution in [-0.4, -0.2) is 5.78 Å². The molecular weight excluding hydrogens is 376 g/mol. The Hall–Kier alpha value is -0.330. The van der Waals surface area contributed by atoms with Crippen molar-refractivity contribution in [1.82, 2.24) is 0 Å². The van der Waals surface area contributed by atoms with Gasteiger partial charge in [-0.3, -0.25) is 4.79 Å². The number of unbranched alkanes of at least 4 members (excludes halogenated alkanes) is 22. The summed E-state index contributed by atoms with van der Waals surface area (Å²) in [5.74, 6) is 0.427. The summed E-state index contributed by atoms with van der Waals surface area (Å²) < 4.78 is 0. The first-order valence-electron chi connectivity index (χ1n) is 14.5. The SMILES string of the molecule is CCCCCCCCCCCCCCCCCCCCCCCCCC(=O)C(C)(C)C. The number of hydrogen-bond acceptors (Lipinski definition) is 1. The van der Waals surface area contributed by atoms with Gasteiger partial charge in [-0.15, -0.1) is 0 Å². The van der Waals surface area contributed by atoms with Crippen molar-refractivity contribution in [2.24, 2.45) is 5.41 Å². The summed E-state index contributed by atoms with van der Waals surface area (Å²) >= 11 is 0. The van der Waals surface area contributed by atoms with Crippen LogP contribution in [0, 0.1) is 5.41 Å². The van der Waals surface area contributed by atoms with Crippen LogP contribution in [0.15, 0.2) is 0 Å². The van der Waals surface area contributed by atoms with E-state index in [-0.39, 0.29) is 5.41 Å². The van der Waals surface area contributed by atoms with E-state index in [1.54, 1.807) is 0 Å². The van der Waals surface area contributed by atoms with Crippen molar-refractivity contribution in [1.29, 1.82) is 0 Å². The molecule has 0 aliphatic carbocycles. The average Bonchev–Trinajstić information content (AvgIpc) is 2.73. The standard InChI is InChI=1S/C30H60O/c1-5-6-7-8-9-10-11-12-13-14-15-16-17-18-19-20-21-22-23-24-25-26-27-28-29(31)30(2,3)4/h5-28H2,1-4H3. The Bertz CT molecular complexity index is 365. The van der Waals surface area contributed by atoms with E-state index in [0.717, 1.165) is 12.8 Å². The lowest BCUT2D eigenvalue weighted by Gasteiger charge is -2.16. The van der Waals surface area contributed by atoms with Gasteiger partial charge < -0.3 is 0 Å². The molecule has 0 spiro atoms.